The van der Waals surface area contributed by atoms with Gasteiger partial charge in [-0.3, -0.25) is 4.79 Å². The van der Waals surface area contributed by atoms with E-state index in [1.54, 1.807) is 0 Å². The molecule has 0 bridgehead atoms. The van der Waals surface area contributed by atoms with Crippen LogP contribution in [0, 0.1) is 13.8 Å². The quantitative estimate of drug-likeness (QED) is 0.767. The van der Waals surface area contributed by atoms with Crippen molar-refractivity contribution in [3.8, 4) is 0 Å². The molecule has 2 aromatic heterocycles. The highest BCUT2D eigenvalue weighted by atomic mass is 16.5. The fourth-order valence-electron chi connectivity index (χ4n) is 2.25. The second-order valence-electron chi connectivity index (χ2n) is 4.96. The van der Waals surface area contributed by atoms with Gasteiger partial charge in [-0.25, -0.2) is 4.98 Å². The minimum Gasteiger partial charge on any atom is -0.361 e. The van der Waals surface area contributed by atoms with Gasteiger partial charge in [0.05, 0.1) is 29.7 Å². The third kappa shape index (κ3) is 2.79. The van der Waals surface area contributed by atoms with Gasteiger partial charge >= 0.3 is 0 Å². The van der Waals surface area contributed by atoms with E-state index in [9.17, 15) is 4.79 Å². The number of aryl methyl sites for hydroxylation is 2. The molecule has 0 unspecified atom stereocenters. The molecule has 2 heterocycles. The molecule has 0 spiro atoms. The normalized spacial score (nSPS) is 11.0. The van der Waals surface area contributed by atoms with E-state index in [1.165, 1.54) is 0 Å². The molecular formula is C15H16N4O2. The SMILES string of the molecule is Cc1noc(C)c1CC(=O)NCc1nc2ccccc2[nH]1. The summed E-state index contributed by atoms with van der Waals surface area (Å²) in [6.07, 6.45) is 0.265. The molecule has 1 amide bonds. The first-order valence-corrected chi connectivity index (χ1v) is 6.75. The van der Waals surface area contributed by atoms with Gasteiger partial charge in [0.1, 0.15) is 11.6 Å². The van der Waals surface area contributed by atoms with Crippen LogP contribution in [0.15, 0.2) is 28.8 Å². The molecule has 0 fully saturated rings. The maximum Gasteiger partial charge on any atom is 0.224 e. The van der Waals surface area contributed by atoms with Crippen LogP contribution in [0.5, 0.6) is 0 Å². The summed E-state index contributed by atoms with van der Waals surface area (Å²) in [5.41, 5.74) is 3.46. The van der Waals surface area contributed by atoms with E-state index in [-0.39, 0.29) is 12.3 Å². The zero-order valence-corrected chi connectivity index (χ0v) is 11.9. The van der Waals surface area contributed by atoms with E-state index >= 15 is 0 Å². The van der Waals surface area contributed by atoms with Crippen molar-refractivity contribution >= 4 is 16.9 Å². The molecule has 3 rings (SSSR count). The Morgan fingerprint density at radius 1 is 1.33 bits per heavy atom. The minimum absolute atomic E-state index is 0.0788. The number of nitrogens with one attached hydrogen (secondary N) is 2. The first kappa shape index (κ1) is 13.4. The molecule has 6 heteroatoms. The van der Waals surface area contributed by atoms with Crippen LogP contribution in [0.3, 0.4) is 0 Å². The van der Waals surface area contributed by atoms with Crippen molar-refractivity contribution in [3.05, 3.63) is 47.1 Å². The summed E-state index contributed by atoms with van der Waals surface area (Å²) >= 11 is 0. The van der Waals surface area contributed by atoms with E-state index < -0.39 is 0 Å². The number of amides is 1. The summed E-state index contributed by atoms with van der Waals surface area (Å²) in [7, 11) is 0. The van der Waals surface area contributed by atoms with Gasteiger partial charge in [0, 0.05) is 5.56 Å². The highest BCUT2D eigenvalue weighted by Crippen LogP contribution is 2.13. The summed E-state index contributed by atoms with van der Waals surface area (Å²) < 4.78 is 5.05. The molecular weight excluding hydrogens is 268 g/mol. The number of carbonyl (C=O) groups is 1. The van der Waals surface area contributed by atoms with Crippen LogP contribution < -0.4 is 5.32 Å². The number of rotatable bonds is 4. The number of benzene rings is 1. The molecule has 6 nitrogen and oxygen atoms in total. The Hall–Kier alpha value is -2.63. The average Bonchev–Trinajstić information content (AvgIpc) is 3.03. The van der Waals surface area contributed by atoms with Crippen molar-refractivity contribution in [3.63, 3.8) is 0 Å². The van der Waals surface area contributed by atoms with Crippen LogP contribution in [0.4, 0.5) is 0 Å². The molecule has 1 aromatic carbocycles. The molecule has 21 heavy (non-hydrogen) atoms. The fraction of sp³-hybridized carbons (Fsp3) is 0.267. The molecule has 0 radical (unpaired) electrons. The number of hydrogen-bond acceptors (Lipinski definition) is 4. The lowest BCUT2D eigenvalue weighted by Crippen LogP contribution is -2.25. The number of carbonyl (C=O) groups excluding carboxylic acids is 1. The van der Waals surface area contributed by atoms with E-state index in [4.69, 9.17) is 4.52 Å². The molecule has 0 atom stereocenters. The lowest BCUT2D eigenvalue weighted by molar-refractivity contribution is -0.120. The summed E-state index contributed by atoms with van der Waals surface area (Å²) in [6, 6.07) is 7.77. The third-order valence-electron chi connectivity index (χ3n) is 3.41. The molecule has 0 aliphatic rings. The molecule has 0 saturated heterocycles. The van der Waals surface area contributed by atoms with Crippen molar-refractivity contribution in [2.75, 3.05) is 0 Å². The van der Waals surface area contributed by atoms with Crippen molar-refractivity contribution < 1.29 is 9.32 Å². The van der Waals surface area contributed by atoms with Gasteiger partial charge < -0.3 is 14.8 Å². The molecule has 0 saturated carbocycles. The second kappa shape index (κ2) is 5.40. The minimum atomic E-state index is -0.0788. The van der Waals surface area contributed by atoms with E-state index in [0.717, 1.165) is 28.1 Å². The zero-order chi connectivity index (χ0) is 14.8. The lowest BCUT2D eigenvalue weighted by Gasteiger charge is -2.02. The molecule has 0 aliphatic carbocycles. The van der Waals surface area contributed by atoms with Crippen LogP contribution in [0.1, 0.15) is 22.8 Å². The van der Waals surface area contributed by atoms with Crippen LogP contribution in [-0.2, 0) is 17.8 Å². The van der Waals surface area contributed by atoms with Crippen LogP contribution in [0.25, 0.3) is 11.0 Å². The van der Waals surface area contributed by atoms with Gasteiger partial charge in [-0.15, -0.1) is 0 Å². The fourth-order valence-corrected chi connectivity index (χ4v) is 2.25. The number of aromatic nitrogens is 3. The van der Waals surface area contributed by atoms with Gasteiger partial charge in [0.15, 0.2) is 0 Å². The number of nitrogens with zero attached hydrogens (tertiary/aromatic N) is 2. The number of para-hydroxylation sites is 2. The number of fused-ring (bicyclic) bond motifs is 1. The van der Waals surface area contributed by atoms with Gasteiger partial charge in [-0.05, 0) is 26.0 Å². The predicted molar refractivity (Wildman–Crippen MR) is 77.6 cm³/mol. The van der Waals surface area contributed by atoms with Crippen molar-refractivity contribution in [2.45, 2.75) is 26.8 Å². The summed E-state index contributed by atoms with van der Waals surface area (Å²) in [5.74, 6) is 1.35. The van der Waals surface area contributed by atoms with Crippen LogP contribution in [0.2, 0.25) is 0 Å². The largest absolute Gasteiger partial charge is 0.361 e. The Morgan fingerprint density at radius 3 is 2.86 bits per heavy atom. The first-order valence-electron chi connectivity index (χ1n) is 6.75. The number of H-pyrrole nitrogens is 1. The Balaban J connectivity index is 1.63. The summed E-state index contributed by atoms with van der Waals surface area (Å²) in [4.78, 5) is 19.6. The molecule has 3 aromatic rings. The van der Waals surface area contributed by atoms with Crippen molar-refractivity contribution in [2.24, 2.45) is 0 Å². The van der Waals surface area contributed by atoms with E-state index in [0.29, 0.717) is 12.3 Å². The van der Waals surface area contributed by atoms with Gasteiger partial charge in [-0.1, -0.05) is 17.3 Å². The molecule has 0 aliphatic heterocycles. The number of imidazole rings is 1. The zero-order valence-electron chi connectivity index (χ0n) is 11.9. The maximum absolute atomic E-state index is 12.0. The van der Waals surface area contributed by atoms with Gasteiger partial charge in [0.25, 0.3) is 0 Å². The van der Waals surface area contributed by atoms with Crippen molar-refractivity contribution in [1.29, 1.82) is 0 Å². The summed E-state index contributed by atoms with van der Waals surface area (Å²) in [6.45, 7) is 4.01. The van der Waals surface area contributed by atoms with Gasteiger partial charge in [-0.2, -0.15) is 0 Å². The van der Waals surface area contributed by atoms with E-state index in [1.807, 2.05) is 38.1 Å². The predicted octanol–water partition coefficient (Wildman–Crippen LogP) is 2.03. The Bertz CT molecular complexity index is 735. The Morgan fingerprint density at radius 2 is 2.14 bits per heavy atom. The Labute approximate surface area is 121 Å². The van der Waals surface area contributed by atoms with Crippen molar-refractivity contribution in [1.82, 2.24) is 20.4 Å². The lowest BCUT2D eigenvalue weighted by atomic mass is 10.1. The monoisotopic (exact) mass is 284 g/mol. The summed E-state index contributed by atoms with van der Waals surface area (Å²) in [5, 5.41) is 6.69. The second-order valence-corrected chi connectivity index (χ2v) is 4.96. The highest BCUT2D eigenvalue weighted by molar-refractivity contribution is 5.79. The average molecular weight is 284 g/mol. The standard InChI is InChI=1S/C15H16N4O2/c1-9-11(10(2)21-19-9)7-15(20)16-8-14-17-12-5-3-4-6-13(12)18-14/h3-6H,7-8H2,1-2H3,(H,16,20)(H,17,18). The molecule has 108 valence electrons. The first-order chi connectivity index (χ1) is 10.1. The highest BCUT2D eigenvalue weighted by Gasteiger charge is 2.13. The van der Waals surface area contributed by atoms with Crippen LogP contribution >= 0.6 is 0 Å². The van der Waals surface area contributed by atoms with Gasteiger partial charge in [0.2, 0.25) is 5.91 Å². The Kier molecular flexibility index (Phi) is 3.43. The topological polar surface area (TPSA) is 83.8 Å². The van der Waals surface area contributed by atoms with Crippen LogP contribution in [-0.4, -0.2) is 21.0 Å². The number of aromatic amines is 1. The third-order valence-corrected chi connectivity index (χ3v) is 3.41. The smallest absolute Gasteiger partial charge is 0.224 e. The van der Waals surface area contributed by atoms with E-state index in [2.05, 4.69) is 20.4 Å². The maximum atomic E-state index is 12.0. The molecule has 2 N–H and O–H groups in total. The number of hydrogen-bond donors (Lipinski definition) is 2.